The molecule has 5 heteroatoms. The average Bonchev–Trinajstić information content (AvgIpc) is 2.31. The second-order valence-corrected chi connectivity index (χ2v) is 5.64. The number of halogens is 3. The van der Waals surface area contributed by atoms with Crippen LogP contribution in [0.1, 0.15) is 11.3 Å². The predicted molar refractivity (Wildman–Crippen MR) is 81.2 cm³/mol. The molecule has 0 aliphatic rings. The number of hydrogen-bond acceptors (Lipinski definition) is 2. The van der Waals surface area contributed by atoms with E-state index in [9.17, 15) is 0 Å². The molecule has 0 atom stereocenters. The monoisotopic (exact) mass is 344 g/mol. The molecule has 18 heavy (non-hydrogen) atoms. The number of benzene rings is 1. The van der Waals surface area contributed by atoms with Crippen molar-refractivity contribution in [2.24, 2.45) is 0 Å². The van der Waals surface area contributed by atoms with Crippen LogP contribution in [0.3, 0.4) is 0 Å². The first kappa shape index (κ1) is 13.7. The van der Waals surface area contributed by atoms with E-state index in [2.05, 4.69) is 26.2 Å². The maximum atomic E-state index is 6.16. The van der Waals surface area contributed by atoms with Gasteiger partial charge in [0.15, 0.2) is 0 Å². The number of aromatic nitrogens is 1. The lowest BCUT2D eigenvalue weighted by molar-refractivity contribution is 1.18. The lowest BCUT2D eigenvalue weighted by atomic mass is 10.2. The number of pyridine rings is 1. The minimum Gasteiger partial charge on any atom is -0.339 e. The lowest BCUT2D eigenvalue weighted by Gasteiger charge is -2.10. The summed E-state index contributed by atoms with van der Waals surface area (Å²) in [6.45, 7) is 3.85. The van der Waals surface area contributed by atoms with Gasteiger partial charge in [-0.05, 0) is 59.6 Å². The molecule has 2 rings (SSSR count). The molecular weight excluding hydrogens is 335 g/mol. The molecule has 0 saturated heterocycles. The van der Waals surface area contributed by atoms with E-state index < -0.39 is 0 Å². The Hall–Kier alpha value is -0.770. The van der Waals surface area contributed by atoms with Crippen LogP contribution in [-0.4, -0.2) is 4.98 Å². The van der Waals surface area contributed by atoms with Gasteiger partial charge in [-0.3, -0.25) is 0 Å². The molecular formula is C13H11BrCl2N2. The number of nitrogens with one attached hydrogen (secondary N) is 1. The van der Waals surface area contributed by atoms with Crippen LogP contribution in [0.4, 0.5) is 11.5 Å². The Morgan fingerprint density at radius 1 is 1.11 bits per heavy atom. The van der Waals surface area contributed by atoms with Gasteiger partial charge in [-0.25, -0.2) is 4.98 Å². The SMILES string of the molecule is Cc1cc(Cl)c(Nc2ccc(Br)c(C)n2)cc1Cl. The molecule has 1 N–H and O–H groups in total. The van der Waals surface area contributed by atoms with E-state index >= 15 is 0 Å². The normalized spacial score (nSPS) is 10.5. The van der Waals surface area contributed by atoms with Crippen LogP contribution < -0.4 is 5.32 Å². The Morgan fingerprint density at radius 2 is 1.83 bits per heavy atom. The highest BCUT2D eigenvalue weighted by atomic mass is 79.9. The molecule has 0 aliphatic carbocycles. The summed E-state index contributed by atoms with van der Waals surface area (Å²) < 4.78 is 0.973. The van der Waals surface area contributed by atoms with E-state index in [4.69, 9.17) is 23.2 Å². The van der Waals surface area contributed by atoms with E-state index in [0.29, 0.717) is 10.0 Å². The van der Waals surface area contributed by atoms with E-state index in [-0.39, 0.29) is 0 Å². The van der Waals surface area contributed by atoms with Crippen molar-refractivity contribution in [2.75, 3.05) is 5.32 Å². The molecule has 0 radical (unpaired) electrons. The number of nitrogens with zero attached hydrogens (tertiary/aromatic N) is 1. The minimum absolute atomic E-state index is 0.624. The number of hydrogen-bond donors (Lipinski definition) is 1. The summed E-state index contributed by atoms with van der Waals surface area (Å²) in [5.74, 6) is 0.734. The molecule has 0 aliphatic heterocycles. The van der Waals surface area contributed by atoms with Crippen molar-refractivity contribution in [3.05, 3.63) is 50.0 Å². The van der Waals surface area contributed by atoms with Gasteiger partial charge >= 0.3 is 0 Å². The summed E-state index contributed by atoms with van der Waals surface area (Å²) in [5.41, 5.74) is 2.61. The predicted octanol–water partition coefficient (Wildman–Crippen LogP) is 5.51. The summed E-state index contributed by atoms with van der Waals surface area (Å²) in [6, 6.07) is 7.45. The molecule has 0 bridgehead atoms. The van der Waals surface area contributed by atoms with Crippen molar-refractivity contribution in [3.63, 3.8) is 0 Å². The summed E-state index contributed by atoms with van der Waals surface area (Å²) in [5, 5.41) is 4.46. The maximum Gasteiger partial charge on any atom is 0.130 e. The molecule has 1 aromatic carbocycles. The van der Waals surface area contributed by atoms with E-state index in [1.807, 2.05) is 32.0 Å². The van der Waals surface area contributed by atoms with Gasteiger partial charge in [-0.2, -0.15) is 0 Å². The second kappa shape index (κ2) is 5.47. The standard InChI is InChI=1S/C13H11BrCl2N2/c1-7-5-11(16)12(6-10(7)15)18-13-4-3-9(14)8(2)17-13/h3-6H,1-2H3,(H,17,18). The number of aryl methyl sites for hydroxylation is 2. The van der Waals surface area contributed by atoms with Gasteiger partial charge in [-0.1, -0.05) is 23.2 Å². The number of rotatable bonds is 2. The fourth-order valence-electron chi connectivity index (χ4n) is 1.49. The highest BCUT2D eigenvalue weighted by Crippen LogP contribution is 2.31. The van der Waals surface area contributed by atoms with Crippen molar-refractivity contribution in [3.8, 4) is 0 Å². The smallest absolute Gasteiger partial charge is 0.130 e. The van der Waals surface area contributed by atoms with Crippen molar-refractivity contribution >= 4 is 50.6 Å². The molecule has 0 saturated carbocycles. The van der Waals surface area contributed by atoms with Crippen molar-refractivity contribution < 1.29 is 0 Å². The molecule has 1 heterocycles. The lowest BCUT2D eigenvalue weighted by Crippen LogP contribution is -1.96. The molecule has 0 unspecified atom stereocenters. The molecule has 0 spiro atoms. The highest BCUT2D eigenvalue weighted by molar-refractivity contribution is 9.10. The van der Waals surface area contributed by atoms with Gasteiger partial charge in [0.2, 0.25) is 0 Å². The maximum absolute atomic E-state index is 6.16. The Morgan fingerprint density at radius 3 is 2.50 bits per heavy atom. The van der Waals surface area contributed by atoms with Crippen LogP contribution in [0.5, 0.6) is 0 Å². The van der Waals surface area contributed by atoms with Gasteiger partial charge < -0.3 is 5.32 Å². The van der Waals surface area contributed by atoms with Crippen LogP contribution in [0.2, 0.25) is 10.0 Å². The van der Waals surface area contributed by atoms with E-state index in [1.165, 1.54) is 0 Å². The largest absolute Gasteiger partial charge is 0.339 e. The Balaban J connectivity index is 2.34. The van der Waals surface area contributed by atoms with Gasteiger partial charge in [0.25, 0.3) is 0 Å². The molecule has 2 aromatic rings. The molecule has 0 fully saturated rings. The first-order valence-electron chi connectivity index (χ1n) is 5.33. The molecule has 2 nitrogen and oxygen atoms in total. The summed E-state index contributed by atoms with van der Waals surface area (Å²) in [4.78, 5) is 4.40. The summed E-state index contributed by atoms with van der Waals surface area (Å²) in [7, 11) is 0. The van der Waals surface area contributed by atoms with Crippen molar-refractivity contribution in [1.82, 2.24) is 4.98 Å². The van der Waals surface area contributed by atoms with E-state index in [0.717, 1.165) is 27.2 Å². The van der Waals surface area contributed by atoms with Crippen molar-refractivity contribution in [2.45, 2.75) is 13.8 Å². The zero-order valence-corrected chi connectivity index (χ0v) is 13.0. The molecule has 0 amide bonds. The van der Waals surface area contributed by atoms with Gasteiger partial charge in [0.05, 0.1) is 16.4 Å². The molecule has 1 aromatic heterocycles. The summed E-state index contributed by atoms with van der Waals surface area (Å²) >= 11 is 15.7. The first-order valence-corrected chi connectivity index (χ1v) is 6.88. The zero-order chi connectivity index (χ0) is 13.3. The second-order valence-electron chi connectivity index (χ2n) is 3.97. The third-order valence-corrected chi connectivity index (χ3v) is 4.09. The Kier molecular flexibility index (Phi) is 4.15. The van der Waals surface area contributed by atoms with Gasteiger partial charge in [0, 0.05) is 9.50 Å². The summed E-state index contributed by atoms with van der Waals surface area (Å²) in [6.07, 6.45) is 0. The highest BCUT2D eigenvalue weighted by Gasteiger charge is 2.06. The third kappa shape index (κ3) is 2.97. The zero-order valence-electron chi connectivity index (χ0n) is 9.89. The first-order chi connectivity index (χ1) is 8.47. The van der Waals surface area contributed by atoms with Crippen LogP contribution in [0.25, 0.3) is 0 Å². The Bertz CT molecular complexity index is 600. The average molecular weight is 346 g/mol. The number of anilines is 2. The Labute approximate surface area is 124 Å². The van der Waals surface area contributed by atoms with Crippen LogP contribution in [0.15, 0.2) is 28.7 Å². The molecule has 94 valence electrons. The fourth-order valence-corrected chi connectivity index (χ4v) is 2.14. The van der Waals surface area contributed by atoms with Crippen LogP contribution in [-0.2, 0) is 0 Å². The fraction of sp³-hybridized carbons (Fsp3) is 0.154. The van der Waals surface area contributed by atoms with Crippen LogP contribution >= 0.6 is 39.1 Å². The third-order valence-electron chi connectivity index (χ3n) is 2.53. The van der Waals surface area contributed by atoms with Crippen molar-refractivity contribution in [1.29, 1.82) is 0 Å². The van der Waals surface area contributed by atoms with Gasteiger partial charge in [0.1, 0.15) is 5.82 Å². The van der Waals surface area contributed by atoms with E-state index in [1.54, 1.807) is 6.07 Å². The van der Waals surface area contributed by atoms with Crippen LogP contribution in [0, 0.1) is 13.8 Å². The minimum atomic E-state index is 0.624. The van der Waals surface area contributed by atoms with Gasteiger partial charge in [-0.15, -0.1) is 0 Å². The quantitative estimate of drug-likeness (QED) is 0.776. The topological polar surface area (TPSA) is 24.9 Å².